The lowest BCUT2D eigenvalue weighted by atomic mass is 9.86. The van der Waals surface area contributed by atoms with Gasteiger partial charge in [-0.15, -0.1) is 0 Å². The fourth-order valence-corrected chi connectivity index (χ4v) is 3.52. The van der Waals surface area contributed by atoms with E-state index in [2.05, 4.69) is 28.4 Å². The summed E-state index contributed by atoms with van der Waals surface area (Å²) in [5.41, 5.74) is 10.3. The summed E-state index contributed by atoms with van der Waals surface area (Å²) in [5, 5.41) is 8.87. The highest BCUT2D eigenvalue weighted by molar-refractivity contribution is 6.11. The molecule has 0 spiro atoms. The van der Waals surface area contributed by atoms with Crippen molar-refractivity contribution in [3.63, 3.8) is 0 Å². The Labute approximate surface area is 171 Å². The molecular formula is C25H25N3O. The Kier molecular flexibility index (Phi) is 5.54. The SMILES string of the molecule is C[C@@](N)(Cc1ccccc1)C1=NN=C(Cc2ccccc2Oc2ccccc2)C1. The van der Waals surface area contributed by atoms with Crippen LogP contribution in [-0.2, 0) is 12.8 Å². The van der Waals surface area contributed by atoms with Gasteiger partial charge in [0.05, 0.1) is 17.0 Å². The molecular weight excluding hydrogens is 358 g/mol. The Bertz CT molecular complexity index is 1020. The molecule has 4 nitrogen and oxygen atoms in total. The zero-order valence-corrected chi connectivity index (χ0v) is 16.6. The number of benzene rings is 3. The molecule has 2 N–H and O–H groups in total. The molecule has 1 aliphatic heterocycles. The second-order valence-corrected chi connectivity index (χ2v) is 7.67. The summed E-state index contributed by atoms with van der Waals surface area (Å²) in [5.74, 6) is 1.66. The molecule has 146 valence electrons. The number of nitrogens with two attached hydrogens (primary N) is 1. The van der Waals surface area contributed by atoms with Crippen LogP contribution >= 0.6 is 0 Å². The molecule has 0 aromatic heterocycles. The zero-order valence-electron chi connectivity index (χ0n) is 16.6. The van der Waals surface area contributed by atoms with Gasteiger partial charge >= 0.3 is 0 Å². The predicted molar refractivity (Wildman–Crippen MR) is 119 cm³/mol. The Morgan fingerprint density at radius 3 is 2.28 bits per heavy atom. The molecule has 0 unspecified atom stereocenters. The maximum atomic E-state index is 6.61. The van der Waals surface area contributed by atoms with E-state index in [9.17, 15) is 0 Å². The van der Waals surface area contributed by atoms with Crippen LogP contribution in [0, 0.1) is 0 Å². The lowest BCUT2D eigenvalue weighted by Crippen LogP contribution is -2.46. The lowest BCUT2D eigenvalue weighted by Gasteiger charge is -2.24. The summed E-state index contributed by atoms with van der Waals surface area (Å²) in [4.78, 5) is 0. The molecule has 0 aliphatic carbocycles. The smallest absolute Gasteiger partial charge is 0.130 e. The molecule has 3 aromatic rings. The number of para-hydroxylation sites is 2. The van der Waals surface area contributed by atoms with Crippen molar-refractivity contribution in [2.24, 2.45) is 15.9 Å². The van der Waals surface area contributed by atoms with Crippen molar-refractivity contribution in [2.45, 2.75) is 31.7 Å². The average molecular weight is 383 g/mol. The van der Waals surface area contributed by atoms with Gasteiger partial charge in [-0.2, -0.15) is 10.2 Å². The summed E-state index contributed by atoms with van der Waals surface area (Å²) in [6.45, 7) is 2.03. The molecule has 0 fully saturated rings. The van der Waals surface area contributed by atoms with Crippen LogP contribution in [0.5, 0.6) is 11.5 Å². The summed E-state index contributed by atoms with van der Waals surface area (Å²) in [6, 6.07) is 28.2. The molecule has 1 aliphatic rings. The van der Waals surface area contributed by atoms with Gasteiger partial charge in [-0.05, 0) is 37.1 Å². The van der Waals surface area contributed by atoms with Crippen molar-refractivity contribution in [1.82, 2.24) is 0 Å². The summed E-state index contributed by atoms with van der Waals surface area (Å²) < 4.78 is 6.08. The Morgan fingerprint density at radius 2 is 1.52 bits per heavy atom. The van der Waals surface area contributed by atoms with Crippen molar-refractivity contribution in [3.8, 4) is 11.5 Å². The van der Waals surface area contributed by atoms with Gasteiger partial charge in [0, 0.05) is 18.4 Å². The third kappa shape index (κ3) is 4.79. The first-order chi connectivity index (χ1) is 14.1. The topological polar surface area (TPSA) is 60.0 Å². The first kappa shape index (κ1) is 19.1. The highest BCUT2D eigenvalue weighted by Crippen LogP contribution is 2.27. The van der Waals surface area contributed by atoms with Crippen LogP contribution in [0.25, 0.3) is 0 Å². The minimum absolute atomic E-state index is 0.521. The van der Waals surface area contributed by atoms with Crippen LogP contribution in [0.1, 0.15) is 24.5 Å². The van der Waals surface area contributed by atoms with Crippen molar-refractivity contribution in [3.05, 3.63) is 96.1 Å². The Hall–Kier alpha value is -3.24. The van der Waals surface area contributed by atoms with Crippen LogP contribution in [0.4, 0.5) is 0 Å². The molecule has 0 bridgehead atoms. The first-order valence-corrected chi connectivity index (χ1v) is 9.86. The fourth-order valence-electron chi connectivity index (χ4n) is 3.52. The predicted octanol–water partition coefficient (Wildman–Crippen LogP) is 5.18. The monoisotopic (exact) mass is 383 g/mol. The molecule has 0 radical (unpaired) electrons. The minimum Gasteiger partial charge on any atom is -0.457 e. The molecule has 1 heterocycles. The second kappa shape index (κ2) is 8.41. The number of nitrogens with zero attached hydrogens (tertiary/aromatic N) is 2. The molecule has 0 saturated heterocycles. The third-order valence-electron chi connectivity index (χ3n) is 5.10. The van der Waals surface area contributed by atoms with E-state index in [0.29, 0.717) is 12.8 Å². The van der Waals surface area contributed by atoms with Gasteiger partial charge in [-0.25, -0.2) is 0 Å². The van der Waals surface area contributed by atoms with Gasteiger partial charge in [0.1, 0.15) is 11.5 Å². The van der Waals surface area contributed by atoms with Crippen molar-refractivity contribution in [1.29, 1.82) is 0 Å². The molecule has 4 rings (SSSR count). The van der Waals surface area contributed by atoms with Crippen LogP contribution < -0.4 is 10.5 Å². The van der Waals surface area contributed by atoms with Crippen molar-refractivity contribution in [2.75, 3.05) is 0 Å². The van der Waals surface area contributed by atoms with Gasteiger partial charge in [-0.3, -0.25) is 0 Å². The number of rotatable bonds is 7. The minimum atomic E-state index is -0.521. The number of hydrogen-bond donors (Lipinski definition) is 1. The van der Waals surface area contributed by atoms with Crippen LogP contribution in [0.15, 0.2) is 95.1 Å². The van der Waals surface area contributed by atoms with Crippen LogP contribution in [0.2, 0.25) is 0 Å². The lowest BCUT2D eigenvalue weighted by molar-refractivity contribution is 0.478. The number of hydrogen-bond acceptors (Lipinski definition) is 4. The summed E-state index contributed by atoms with van der Waals surface area (Å²) >= 11 is 0. The quantitative estimate of drug-likeness (QED) is 0.611. The zero-order chi connectivity index (χ0) is 20.1. The van der Waals surface area contributed by atoms with Gasteiger partial charge in [0.15, 0.2) is 0 Å². The van der Waals surface area contributed by atoms with E-state index in [1.165, 1.54) is 5.56 Å². The van der Waals surface area contributed by atoms with E-state index < -0.39 is 5.54 Å². The largest absolute Gasteiger partial charge is 0.457 e. The van der Waals surface area contributed by atoms with E-state index in [0.717, 1.165) is 34.9 Å². The van der Waals surface area contributed by atoms with Gasteiger partial charge < -0.3 is 10.5 Å². The van der Waals surface area contributed by atoms with Crippen LogP contribution in [0.3, 0.4) is 0 Å². The van der Waals surface area contributed by atoms with Crippen molar-refractivity contribution < 1.29 is 4.74 Å². The van der Waals surface area contributed by atoms with E-state index in [1.54, 1.807) is 0 Å². The number of ether oxygens (including phenoxy) is 1. The summed E-state index contributed by atoms with van der Waals surface area (Å²) in [6.07, 6.45) is 2.13. The molecule has 4 heteroatoms. The standard InChI is InChI=1S/C25H25N3O/c1-25(26,18-19-10-4-2-5-11-19)24-17-21(27-28-24)16-20-12-8-9-15-23(20)29-22-13-6-3-7-14-22/h2-15H,16-18,26H2,1H3/t25-/m1/s1. The van der Waals surface area contributed by atoms with Crippen LogP contribution in [-0.4, -0.2) is 17.0 Å². The molecule has 29 heavy (non-hydrogen) atoms. The van der Waals surface area contributed by atoms with E-state index in [1.807, 2.05) is 73.7 Å². The first-order valence-electron chi connectivity index (χ1n) is 9.86. The highest BCUT2D eigenvalue weighted by Gasteiger charge is 2.30. The van der Waals surface area contributed by atoms with Gasteiger partial charge in [0.2, 0.25) is 0 Å². The Morgan fingerprint density at radius 1 is 0.862 bits per heavy atom. The normalized spacial score (nSPS) is 15.4. The molecule has 0 saturated carbocycles. The fraction of sp³-hybridized carbons (Fsp3) is 0.200. The second-order valence-electron chi connectivity index (χ2n) is 7.67. The highest BCUT2D eigenvalue weighted by atomic mass is 16.5. The molecule has 3 aromatic carbocycles. The molecule has 1 atom stereocenters. The maximum absolute atomic E-state index is 6.61. The van der Waals surface area contributed by atoms with Gasteiger partial charge in [-0.1, -0.05) is 66.7 Å². The van der Waals surface area contributed by atoms with Crippen molar-refractivity contribution >= 4 is 11.4 Å². The third-order valence-corrected chi connectivity index (χ3v) is 5.10. The average Bonchev–Trinajstić information content (AvgIpc) is 3.20. The van der Waals surface area contributed by atoms with E-state index >= 15 is 0 Å². The van der Waals surface area contributed by atoms with E-state index in [4.69, 9.17) is 10.5 Å². The summed E-state index contributed by atoms with van der Waals surface area (Å²) in [7, 11) is 0. The Balaban J connectivity index is 1.42. The van der Waals surface area contributed by atoms with Gasteiger partial charge in [0.25, 0.3) is 0 Å². The van der Waals surface area contributed by atoms with E-state index in [-0.39, 0.29) is 0 Å². The maximum Gasteiger partial charge on any atom is 0.130 e. The molecule has 0 amide bonds.